The van der Waals surface area contributed by atoms with Crippen LogP contribution in [-0.2, 0) is 11.8 Å². The van der Waals surface area contributed by atoms with Gasteiger partial charge in [-0.3, -0.25) is 9.48 Å². The lowest BCUT2D eigenvalue weighted by molar-refractivity contribution is 0.0837. The minimum Gasteiger partial charge on any atom is -0.381 e. The number of hydrogen-bond acceptors (Lipinski definition) is 3. The van der Waals surface area contributed by atoms with Crippen LogP contribution in [0.4, 0.5) is 0 Å². The van der Waals surface area contributed by atoms with E-state index in [2.05, 4.69) is 5.10 Å². The van der Waals surface area contributed by atoms with Crippen molar-refractivity contribution in [3.05, 3.63) is 17.5 Å². The Hall–Kier alpha value is -0.870. The molecule has 4 nitrogen and oxygen atoms in total. The highest BCUT2D eigenvalue weighted by molar-refractivity contribution is 6.30. The highest BCUT2D eigenvalue weighted by Gasteiger charge is 2.24. The number of carbonyl (C=O) groups is 1. The highest BCUT2D eigenvalue weighted by atomic mass is 35.5. The number of Topliss-reactive ketones (excluding diaryl/α,β-unsaturated/α-hetero) is 1. The topological polar surface area (TPSA) is 44.1 Å². The van der Waals surface area contributed by atoms with E-state index >= 15 is 0 Å². The fraction of sp³-hybridized carbons (Fsp3) is 0.636. The molecule has 16 heavy (non-hydrogen) atoms. The molecule has 0 aromatic carbocycles. The Morgan fingerprint density at radius 3 is 2.94 bits per heavy atom. The second-order valence-electron chi connectivity index (χ2n) is 4.05. The Kier molecular flexibility index (Phi) is 3.61. The van der Waals surface area contributed by atoms with Crippen molar-refractivity contribution in [2.75, 3.05) is 19.1 Å². The van der Waals surface area contributed by atoms with Crippen LogP contribution in [0.25, 0.3) is 0 Å². The molecule has 0 saturated carbocycles. The number of carbonyl (C=O) groups excluding carboxylic acids is 1. The summed E-state index contributed by atoms with van der Waals surface area (Å²) in [6.07, 6.45) is 3.62. The molecule has 0 bridgehead atoms. The Bertz CT molecular complexity index is 383. The summed E-state index contributed by atoms with van der Waals surface area (Å²) in [5.74, 6) is 0.301. The van der Waals surface area contributed by atoms with Gasteiger partial charge in [0.2, 0.25) is 0 Å². The van der Waals surface area contributed by atoms with Crippen LogP contribution in [0.1, 0.15) is 34.8 Å². The number of alkyl halides is 1. The second-order valence-corrected chi connectivity index (χ2v) is 4.31. The molecule has 0 aliphatic carbocycles. The molecular weight excluding hydrogens is 228 g/mol. The molecule has 5 heteroatoms. The smallest absolute Gasteiger partial charge is 0.181 e. The first kappa shape index (κ1) is 11.6. The highest BCUT2D eigenvalue weighted by Crippen LogP contribution is 2.28. The fourth-order valence-electron chi connectivity index (χ4n) is 2.07. The Morgan fingerprint density at radius 2 is 2.31 bits per heavy atom. The zero-order chi connectivity index (χ0) is 11.5. The molecule has 1 aliphatic heterocycles. The standard InChI is InChI=1S/C11H15ClN2O2/c1-14-7-9(10(15)6-12)11(13-14)8-2-4-16-5-3-8/h7-8H,2-6H2,1H3. The summed E-state index contributed by atoms with van der Waals surface area (Å²) in [6.45, 7) is 1.49. The van der Waals surface area contributed by atoms with E-state index in [0.717, 1.165) is 31.7 Å². The van der Waals surface area contributed by atoms with Crippen LogP contribution < -0.4 is 0 Å². The SMILES string of the molecule is Cn1cc(C(=O)CCl)c(C2CCOCC2)n1. The van der Waals surface area contributed by atoms with Gasteiger partial charge >= 0.3 is 0 Å². The molecule has 0 spiro atoms. The van der Waals surface area contributed by atoms with Gasteiger partial charge in [0.05, 0.1) is 17.1 Å². The molecule has 0 unspecified atom stereocenters. The Balaban J connectivity index is 2.27. The lowest BCUT2D eigenvalue weighted by Crippen LogP contribution is -2.17. The number of aryl methyl sites for hydroxylation is 1. The zero-order valence-electron chi connectivity index (χ0n) is 9.28. The molecule has 2 rings (SSSR count). The predicted octanol–water partition coefficient (Wildman–Crippen LogP) is 1.74. The van der Waals surface area contributed by atoms with E-state index in [1.54, 1.807) is 10.9 Å². The molecule has 0 amide bonds. The summed E-state index contributed by atoms with van der Waals surface area (Å²) in [5.41, 5.74) is 1.56. The lowest BCUT2D eigenvalue weighted by atomic mass is 9.93. The third-order valence-electron chi connectivity index (χ3n) is 2.89. The molecule has 0 N–H and O–H groups in total. The van der Waals surface area contributed by atoms with Crippen molar-refractivity contribution in [3.8, 4) is 0 Å². The van der Waals surface area contributed by atoms with Crippen molar-refractivity contribution >= 4 is 17.4 Å². The number of ether oxygens (including phenoxy) is 1. The third kappa shape index (κ3) is 2.28. The van der Waals surface area contributed by atoms with Crippen LogP contribution in [0.5, 0.6) is 0 Å². The van der Waals surface area contributed by atoms with Gasteiger partial charge in [-0.2, -0.15) is 5.10 Å². The van der Waals surface area contributed by atoms with Crippen molar-refractivity contribution in [2.24, 2.45) is 7.05 Å². The van der Waals surface area contributed by atoms with E-state index in [0.29, 0.717) is 11.5 Å². The molecule has 1 saturated heterocycles. The van der Waals surface area contributed by atoms with Gasteiger partial charge in [0, 0.05) is 32.4 Å². The summed E-state index contributed by atoms with van der Waals surface area (Å²) in [5, 5.41) is 4.38. The van der Waals surface area contributed by atoms with Gasteiger partial charge in [-0.25, -0.2) is 0 Å². The van der Waals surface area contributed by atoms with Crippen molar-refractivity contribution in [1.29, 1.82) is 0 Å². The lowest BCUT2D eigenvalue weighted by Gasteiger charge is -2.20. The summed E-state index contributed by atoms with van der Waals surface area (Å²) >= 11 is 5.60. The van der Waals surface area contributed by atoms with E-state index in [1.165, 1.54) is 0 Å². The van der Waals surface area contributed by atoms with Crippen molar-refractivity contribution in [2.45, 2.75) is 18.8 Å². The van der Waals surface area contributed by atoms with Crippen LogP contribution >= 0.6 is 11.6 Å². The normalized spacial score (nSPS) is 17.6. The molecule has 2 heterocycles. The van der Waals surface area contributed by atoms with Gasteiger partial charge in [0.25, 0.3) is 0 Å². The van der Waals surface area contributed by atoms with E-state index in [9.17, 15) is 4.79 Å². The first-order valence-electron chi connectivity index (χ1n) is 5.43. The number of aromatic nitrogens is 2. The molecule has 1 aromatic rings. The molecule has 88 valence electrons. The van der Waals surface area contributed by atoms with Gasteiger partial charge in [-0.05, 0) is 12.8 Å². The predicted molar refractivity (Wildman–Crippen MR) is 61.1 cm³/mol. The fourth-order valence-corrected chi connectivity index (χ4v) is 2.21. The summed E-state index contributed by atoms with van der Waals surface area (Å²) in [4.78, 5) is 11.7. The molecule has 1 fully saturated rings. The van der Waals surface area contributed by atoms with Gasteiger partial charge < -0.3 is 4.74 Å². The van der Waals surface area contributed by atoms with Crippen molar-refractivity contribution in [1.82, 2.24) is 9.78 Å². The minimum atomic E-state index is -0.0451. The third-order valence-corrected chi connectivity index (χ3v) is 3.13. The van der Waals surface area contributed by atoms with Gasteiger partial charge in [0.1, 0.15) is 0 Å². The van der Waals surface area contributed by atoms with Crippen LogP contribution in [0, 0.1) is 0 Å². The monoisotopic (exact) mass is 242 g/mol. The quantitative estimate of drug-likeness (QED) is 0.599. The van der Waals surface area contributed by atoms with Crippen LogP contribution in [-0.4, -0.2) is 34.7 Å². The maximum Gasteiger partial charge on any atom is 0.181 e. The van der Waals surface area contributed by atoms with E-state index in [4.69, 9.17) is 16.3 Å². The first-order valence-corrected chi connectivity index (χ1v) is 5.96. The van der Waals surface area contributed by atoms with Crippen molar-refractivity contribution < 1.29 is 9.53 Å². The summed E-state index contributed by atoms with van der Waals surface area (Å²) in [7, 11) is 1.83. The van der Waals surface area contributed by atoms with Crippen LogP contribution in [0.3, 0.4) is 0 Å². The molecule has 0 radical (unpaired) electrons. The second kappa shape index (κ2) is 4.97. The number of halogens is 1. The molecule has 0 atom stereocenters. The number of nitrogens with zero attached hydrogens (tertiary/aromatic N) is 2. The number of rotatable bonds is 3. The van der Waals surface area contributed by atoms with E-state index in [-0.39, 0.29) is 11.7 Å². The maximum absolute atomic E-state index is 11.7. The Morgan fingerprint density at radius 1 is 1.62 bits per heavy atom. The number of ketones is 1. The van der Waals surface area contributed by atoms with Crippen LogP contribution in [0.15, 0.2) is 6.20 Å². The zero-order valence-corrected chi connectivity index (χ0v) is 10.0. The molecular formula is C11H15ClN2O2. The maximum atomic E-state index is 11.7. The number of hydrogen-bond donors (Lipinski definition) is 0. The average Bonchev–Trinajstić information content (AvgIpc) is 2.71. The van der Waals surface area contributed by atoms with Gasteiger partial charge in [-0.15, -0.1) is 11.6 Å². The Labute approximate surface area is 99.5 Å². The molecule has 1 aliphatic rings. The minimum absolute atomic E-state index is 0.0158. The van der Waals surface area contributed by atoms with E-state index < -0.39 is 0 Å². The van der Waals surface area contributed by atoms with Gasteiger partial charge in [-0.1, -0.05) is 0 Å². The molecule has 1 aromatic heterocycles. The van der Waals surface area contributed by atoms with E-state index in [1.807, 2.05) is 7.05 Å². The average molecular weight is 243 g/mol. The summed E-state index contributed by atoms with van der Waals surface area (Å²) < 4.78 is 6.99. The van der Waals surface area contributed by atoms with Crippen molar-refractivity contribution in [3.63, 3.8) is 0 Å². The van der Waals surface area contributed by atoms with Crippen LogP contribution in [0.2, 0.25) is 0 Å². The summed E-state index contributed by atoms with van der Waals surface area (Å²) in [6, 6.07) is 0. The largest absolute Gasteiger partial charge is 0.381 e. The first-order chi connectivity index (χ1) is 7.72. The van der Waals surface area contributed by atoms with Gasteiger partial charge in [0.15, 0.2) is 5.78 Å².